The molecule has 0 aromatic heterocycles. The minimum Gasteiger partial charge on any atom is -0.375 e. The maximum Gasteiger partial charge on any atom is 0.193 e. The summed E-state index contributed by atoms with van der Waals surface area (Å²) < 4.78 is 0. The van der Waals surface area contributed by atoms with E-state index in [1.165, 1.54) is 0 Å². The highest BCUT2D eigenvalue weighted by Gasteiger charge is 2.07. The second-order valence-electron chi connectivity index (χ2n) is 5.78. The molecule has 138 valence electrons. The molecule has 0 bridgehead atoms. The van der Waals surface area contributed by atoms with E-state index in [0.717, 1.165) is 24.8 Å². The van der Waals surface area contributed by atoms with E-state index in [4.69, 9.17) is 10.8 Å². The van der Waals surface area contributed by atoms with Crippen LogP contribution in [0.25, 0.3) is 0 Å². The standard InChI is InChI=1S/C14H10O2.C7H16N2O/c15-10-11-6-8-13(9-7-11)14(16)12-4-2-1-3-5-12;1-6(2)7(10)9-5-3-4-8/h1-10H;7,9-10H,1,3-5,8H2,2H3. The molecule has 0 amide bonds. The van der Waals surface area contributed by atoms with E-state index in [1.807, 2.05) is 18.2 Å². The van der Waals surface area contributed by atoms with Crippen LogP contribution >= 0.6 is 0 Å². The Morgan fingerprint density at radius 2 is 1.73 bits per heavy atom. The average molecular weight is 354 g/mol. The largest absolute Gasteiger partial charge is 0.375 e. The Labute approximate surface area is 154 Å². The second kappa shape index (κ2) is 11.9. The zero-order valence-corrected chi connectivity index (χ0v) is 15.0. The van der Waals surface area contributed by atoms with Gasteiger partial charge < -0.3 is 10.8 Å². The van der Waals surface area contributed by atoms with Crippen LogP contribution in [0, 0.1) is 0 Å². The van der Waals surface area contributed by atoms with Crippen molar-refractivity contribution >= 4 is 12.1 Å². The molecule has 5 heteroatoms. The molecule has 0 aliphatic heterocycles. The lowest BCUT2D eigenvalue weighted by atomic mass is 10.0. The number of aliphatic hydroxyl groups excluding tert-OH is 1. The Bertz CT molecular complexity index is 697. The summed E-state index contributed by atoms with van der Waals surface area (Å²) in [5, 5.41) is 12.0. The van der Waals surface area contributed by atoms with Crippen LogP contribution in [-0.4, -0.2) is 36.5 Å². The number of carbonyl (C=O) groups is 2. The number of hydrogen-bond acceptors (Lipinski definition) is 5. The van der Waals surface area contributed by atoms with Gasteiger partial charge in [0.05, 0.1) is 0 Å². The van der Waals surface area contributed by atoms with Crippen LogP contribution < -0.4 is 11.1 Å². The molecular weight excluding hydrogens is 328 g/mol. The fourth-order valence-corrected chi connectivity index (χ4v) is 1.98. The smallest absolute Gasteiger partial charge is 0.193 e. The summed E-state index contributed by atoms with van der Waals surface area (Å²) in [6, 6.07) is 15.7. The van der Waals surface area contributed by atoms with Crippen molar-refractivity contribution in [3.05, 3.63) is 83.4 Å². The molecule has 0 radical (unpaired) electrons. The Morgan fingerprint density at radius 1 is 1.15 bits per heavy atom. The van der Waals surface area contributed by atoms with Crippen molar-refractivity contribution in [3.8, 4) is 0 Å². The lowest BCUT2D eigenvalue weighted by molar-refractivity contribution is 0.103. The molecule has 0 aliphatic carbocycles. The molecule has 1 atom stereocenters. The molecule has 2 aromatic rings. The number of aldehydes is 1. The van der Waals surface area contributed by atoms with E-state index < -0.39 is 6.23 Å². The van der Waals surface area contributed by atoms with E-state index in [0.29, 0.717) is 23.2 Å². The van der Waals surface area contributed by atoms with Crippen LogP contribution in [0.1, 0.15) is 39.6 Å². The van der Waals surface area contributed by atoms with Crippen molar-refractivity contribution in [2.75, 3.05) is 13.1 Å². The minimum atomic E-state index is -0.577. The SMILES string of the molecule is C=C(C)C(O)NCCCN.O=Cc1ccc(C(=O)c2ccccc2)cc1. The summed E-state index contributed by atoms with van der Waals surface area (Å²) in [6.45, 7) is 6.76. The predicted octanol–water partition coefficient (Wildman–Crippen LogP) is 2.55. The van der Waals surface area contributed by atoms with Gasteiger partial charge in [0.25, 0.3) is 0 Å². The Hall–Kier alpha value is -2.60. The van der Waals surface area contributed by atoms with Gasteiger partial charge in [-0.15, -0.1) is 0 Å². The van der Waals surface area contributed by atoms with Crippen LogP contribution in [0.15, 0.2) is 66.7 Å². The molecule has 26 heavy (non-hydrogen) atoms. The zero-order chi connectivity index (χ0) is 19.4. The molecule has 5 nitrogen and oxygen atoms in total. The predicted molar refractivity (Wildman–Crippen MR) is 104 cm³/mol. The number of carbonyl (C=O) groups excluding carboxylic acids is 2. The monoisotopic (exact) mass is 354 g/mol. The first-order valence-electron chi connectivity index (χ1n) is 8.41. The topological polar surface area (TPSA) is 92.4 Å². The first-order valence-corrected chi connectivity index (χ1v) is 8.41. The number of nitrogens with two attached hydrogens (primary N) is 1. The Morgan fingerprint density at radius 3 is 2.23 bits per heavy atom. The number of hydrogen-bond donors (Lipinski definition) is 3. The third kappa shape index (κ3) is 7.53. The normalized spacial score (nSPS) is 11.0. The van der Waals surface area contributed by atoms with Crippen LogP contribution in [0.5, 0.6) is 0 Å². The summed E-state index contributed by atoms with van der Waals surface area (Å²) in [4.78, 5) is 22.4. The molecule has 0 aliphatic rings. The van der Waals surface area contributed by atoms with E-state index in [2.05, 4.69) is 11.9 Å². The third-order valence-electron chi connectivity index (χ3n) is 3.53. The van der Waals surface area contributed by atoms with Crippen LogP contribution in [-0.2, 0) is 0 Å². The van der Waals surface area contributed by atoms with E-state index in [1.54, 1.807) is 43.3 Å². The summed E-state index contributed by atoms with van der Waals surface area (Å²) >= 11 is 0. The van der Waals surface area contributed by atoms with Crippen LogP contribution in [0.4, 0.5) is 0 Å². The van der Waals surface area contributed by atoms with Crippen molar-refractivity contribution in [2.45, 2.75) is 19.6 Å². The summed E-state index contributed by atoms with van der Waals surface area (Å²) in [6.07, 6.45) is 1.06. The first-order chi connectivity index (χ1) is 12.5. The zero-order valence-electron chi connectivity index (χ0n) is 15.0. The Kier molecular flexibility index (Phi) is 9.79. The Balaban J connectivity index is 0.000000294. The molecule has 0 saturated carbocycles. The molecule has 0 spiro atoms. The van der Waals surface area contributed by atoms with Crippen LogP contribution in [0.2, 0.25) is 0 Å². The molecule has 0 fully saturated rings. The fraction of sp³-hybridized carbons (Fsp3) is 0.238. The first kappa shape index (κ1) is 21.4. The van der Waals surface area contributed by atoms with Gasteiger partial charge in [0.15, 0.2) is 5.78 Å². The van der Waals surface area contributed by atoms with Gasteiger partial charge in [-0.2, -0.15) is 0 Å². The highest BCUT2D eigenvalue weighted by molar-refractivity contribution is 6.09. The molecule has 2 aromatic carbocycles. The number of rotatable bonds is 8. The molecule has 4 N–H and O–H groups in total. The number of nitrogens with one attached hydrogen (secondary N) is 1. The van der Waals surface area contributed by atoms with Gasteiger partial charge in [0, 0.05) is 16.7 Å². The number of aliphatic hydroxyl groups is 1. The van der Waals surface area contributed by atoms with E-state index >= 15 is 0 Å². The lowest BCUT2D eigenvalue weighted by Gasteiger charge is -2.10. The van der Waals surface area contributed by atoms with Gasteiger partial charge >= 0.3 is 0 Å². The molecule has 1 unspecified atom stereocenters. The fourth-order valence-electron chi connectivity index (χ4n) is 1.98. The van der Waals surface area contributed by atoms with Gasteiger partial charge in [-0.3, -0.25) is 14.9 Å². The van der Waals surface area contributed by atoms with Crippen molar-refractivity contribution in [3.63, 3.8) is 0 Å². The van der Waals surface area contributed by atoms with Gasteiger partial charge in [-0.05, 0) is 32.0 Å². The summed E-state index contributed by atoms with van der Waals surface area (Å²) in [5.74, 6) is -0.0296. The van der Waals surface area contributed by atoms with Crippen molar-refractivity contribution < 1.29 is 14.7 Å². The molecular formula is C21H26N2O3. The summed E-state index contributed by atoms with van der Waals surface area (Å²) in [5.41, 5.74) is 7.80. The van der Waals surface area contributed by atoms with Gasteiger partial charge in [0.2, 0.25) is 0 Å². The molecule has 0 saturated heterocycles. The van der Waals surface area contributed by atoms with Crippen LogP contribution in [0.3, 0.4) is 0 Å². The van der Waals surface area contributed by atoms with Crippen molar-refractivity contribution in [2.24, 2.45) is 5.73 Å². The maximum atomic E-state index is 12.0. The highest BCUT2D eigenvalue weighted by atomic mass is 16.3. The number of ketones is 1. The van der Waals surface area contributed by atoms with Gasteiger partial charge in [-0.1, -0.05) is 61.2 Å². The van der Waals surface area contributed by atoms with Gasteiger partial charge in [-0.25, -0.2) is 0 Å². The highest BCUT2D eigenvalue weighted by Crippen LogP contribution is 2.10. The van der Waals surface area contributed by atoms with E-state index in [-0.39, 0.29) is 5.78 Å². The molecule has 2 rings (SSSR count). The van der Waals surface area contributed by atoms with Crippen molar-refractivity contribution in [1.82, 2.24) is 5.32 Å². The van der Waals surface area contributed by atoms with E-state index in [9.17, 15) is 9.59 Å². The molecule has 0 heterocycles. The quantitative estimate of drug-likeness (QED) is 0.223. The van der Waals surface area contributed by atoms with Crippen molar-refractivity contribution in [1.29, 1.82) is 0 Å². The summed E-state index contributed by atoms with van der Waals surface area (Å²) in [7, 11) is 0. The average Bonchev–Trinajstić information content (AvgIpc) is 2.68. The maximum absolute atomic E-state index is 12.0. The second-order valence-corrected chi connectivity index (χ2v) is 5.78. The van der Waals surface area contributed by atoms with Gasteiger partial charge in [0.1, 0.15) is 12.5 Å². The number of benzene rings is 2. The minimum absolute atomic E-state index is 0.0296. The third-order valence-corrected chi connectivity index (χ3v) is 3.53. The lowest BCUT2D eigenvalue weighted by Crippen LogP contribution is -2.31.